The summed E-state index contributed by atoms with van der Waals surface area (Å²) >= 11 is 18.2. The number of carbonyl (C=O) groups is 1. The van der Waals surface area contributed by atoms with Gasteiger partial charge in [-0.25, -0.2) is 9.67 Å². The highest BCUT2D eigenvalue weighted by molar-refractivity contribution is 6.35. The highest BCUT2D eigenvalue weighted by Gasteiger charge is 2.39. The Morgan fingerprint density at radius 2 is 1.86 bits per heavy atom. The summed E-state index contributed by atoms with van der Waals surface area (Å²) in [5.41, 5.74) is -0.739. The Morgan fingerprint density at radius 3 is 2.46 bits per heavy atom. The number of rotatable bonds is 6. The number of carbonyl (C=O) groups excluding carboxylic acids is 1. The van der Waals surface area contributed by atoms with Gasteiger partial charge in [-0.1, -0.05) is 40.9 Å². The van der Waals surface area contributed by atoms with Gasteiger partial charge in [0.1, 0.15) is 18.3 Å². The van der Waals surface area contributed by atoms with E-state index >= 15 is 0 Å². The van der Waals surface area contributed by atoms with Crippen LogP contribution in [0.15, 0.2) is 55.1 Å². The smallest absolute Gasteiger partial charge is 0.251 e. The van der Waals surface area contributed by atoms with Crippen LogP contribution in [0.2, 0.25) is 15.1 Å². The minimum absolute atomic E-state index is 0.0242. The van der Waals surface area contributed by atoms with Gasteiger partial charge in [0.2, 0.25) is 0 Å². The van der Waals surface area contributed by atoms with Gasteiger partial charge in [-0.2, -0.15) is 5.10 Å². The molecule has 0 saturated heterocycles. The van der Waals surface area contributed by atoms with E-state index in [1.54, 1.807) is 49.4 Å². The van der Waals surface area contributed by atoms with Gasteiger partial charge in [0.15, 0.2) is 0 Å². The molecule has 0 radical (unpaired) electrons. The second-order valence-electron chi connectivity index (χ2n) is 6.34. The van der Waals surface area contributed by atoms with E-state index in [1.165, 1.54) is 17.3 Å². The fraction of sp³-hybridized carbons (Fsp3) is 0.211. The van der Waals surface area contributed by atoms with Crippen LogP contribution >= 0.6 is 34.8 Å². The van der Waals surface area contributed by atoms with Gasteiger partial charge in [-0.3, -0.25) is 4.79 Å². The number of amides is 1. The zero-order chi connectivity index (χ0) is 20.3. The highest BCUT2D eigenvalue weighted by Crippen LogP contribution is 2.34. The number of aliphatic hydroxyl groups is 1. The summed E-state index contributed by atoms with van der Waals surface area (Å²) in [6, 6.07) is 10.5. The third kappa shape index (κ3) is 4.47. The van der Waals surface area contributed by atoms with E-state index in [1.807, 2.05) is 0 Å². The number of halogens is 3. The first kappa shape index (κ1) is 20.6. The molecule has 0 spiro atoms. The monoisotopic (exact) mass is 438 g/mol. The molecule has 28 heavy (non-hydrogen) atoms. The first-order chi connectivity index (χ1) is 13.3. The molecule has 0 unspecified atom stereocenters. The van der Waals surface area contributed by atoms with Crippen LogP contribution in [0.1, 0.15) is 22.8 Å². The fourth-order valence-corrected chi connectivity index (χ4v) is 3.56. The van der Waals surface area contributed by atoms with E-state index in [-0.39, 0.29) is 17.5 Å². The predicted octanol–water partition coefficient (Wildman–Crippen LogP) is 3.94. The average molecular weight is 440 g/mol. The van der Waals surface area contributed by atoms with Crippen LogP contribution in [0.4, 0.5) is 0 Å². The normalized spacial score (nSPS) is 14.3. The number of nitrogens with zero attached hydrogens (tertiary/aromatic N) is 3. The molecular weight excluding hydrogens is 423 g/mol. The Labute approximate surface area is 177 Å². The van der Waals surface area contributed by atoms with Crippen molar-refractivity contribution in [3.8, 4) is 0 Å². The average Bonchev–Trinajstić information content (AvgIpc) is 3.14. The number of aromatic nitrogens is 3. The largest absolute Gasteiger partial charge is 0.381 e. The van der Waals surface area contributed by atoms with Crippen LogP contribution in [0.25, 0.3) is 0 Å². The Kier molecular flexibility index (Phi) is 6.25. The number of benzene rings is 2. The van der Waals surface area contributed by atoms with Crippen molar-refractivity contribution in [2.24, 2.45) is 0 Å². The van der Waals surface area contributed by atoms with Crippen molar-refractivity contribution in [2.75, 3.05) is 0 Å². The second-order valence-corrected chi connectivity index (χ2v) is 7.62. The Morgan fingerprint density at radius 1 is 1.18 bits per heavy atom. The Balaban J connectivity index is 1.93. The molecule has 0 bridgehead atoms. The first-order valence-corrected chi connectivity index (χ1v) is 9.50. The lowest BCUT2D eigenvalue weighted by Crippen LogP contribution is -2.51. The number of nitrogens with one attached hydrogen (secondary N) is 1. The maximum Gasteiger partial charge on any atom is 0.251 e. The van der Waals surface area contributed by atoms with Crippen LogP contribution in [0, 0.1) is 0 Å². The molecule has 6 nitrogen and oxygen atoms in total. The molecule has 0 aliphatic carbocycles. The minimum atomic E-state index is -1.57. The van der Waals surface area contributed by atoms with Gasteiger partial charge in [0.25, 0.3) is 5.91 Å². The van der Waals surface area contributed by atoms with E-state index in [0.717, 1.165) is 0 Å². The quantitative estimate of drug-likeness (QED) is 0.609. The van der Waals surface area contributed by atoms with Crippen LogP contribution < -0.4 is 5.32 Å². The van der Waals surface area contributed by atoms with Crippen molar-refractivity contribution >= 4 is 40.7 Å². The summed E-state index contributed by atoms with van der Waals surface area (Å²) in [5.74, 6) is -0.355. The fourth-order valence-electron chi connectivity index (χ4n) is 2.86. The molecule has 9 heteroatoms. The lowest BCUT2D eigenvalue weighted by atomic mass is 9.86. The van der Waals surface area contributed by atoms with Gasteiger partial charge < -0.3 is 10.4 Å². The topological polar surface area (TPSA) is 80.0 Å². The SMILES string of the molecule is C[C@@H](NC(=O)c1ccc(Cl)cc1)[C@](O)(Cn1cncn1)c1ccc(Cl)cc1Cl. The van der Waals surface area contributed by atoms with E-state index in [4.69, 9.17) is 34.8 Å². The molecule has 0 aliphatic rings. The molecule has 0 saturated carbocycles. The van der Waals surface area contributed by atoms with E-state index in [0.29, 0.717) is 21.2 Å². The third-order valence-electron chi connectivity index (χ3n) is 4.44. The molecule has 2 atom stereocenters. The predicted molar refractivity (Wildman–Crippen MR) is 109 cm³/mol. The zero-order valence-corrected chi connectivity index (χ0v) is 17.1. The minimum Gasteiger partial charge on any atom is -0.381 e. The van der Waals surface area contributed by atoms with Gasteiger partial charge in [0.05, 0.1) is 12.6 Å². The standard InChI is InChI=1S/C19H17Cl3N4O2/c1-12(25-18(27)13-2-4-14(20)5-3-13)19(28,9-26-11-23-10-24-26)16-7-6-15(21)8-17(16)22/h2-8,10-12,28H,9H2,1H3,(H,25,27)/t12-,19-/m1/s1. The van der Waals surface area contributed by atoms with E-state index < -0.39 is 11.6 Å². The Bertz CT molecular complexity index is 964. The lowest BCUT2D eigenvalue weighted by molar-refractivity contribution is -0.0155. The van der Waals surface area contributed by atoms with Gasteiger partial charge in [-0.15, -0.1) is 0 Å². The first-order valence-electron chi connectivity index (χ1n) is 8.36. The molecule has 3 aromatic rings. The van der Waals surface area contributed by atoms with Crippen LogP contribution in [-0.4, -0.2) is 31.8 Å². The summed E-state index contributed by atoms with van der Waals surface area (Å²) in [4.78, 5) is 16.5. The number of hydrogen-bond donors (Lipinski definition) is 2. The van der Waals surface area contributed by atoms with Crippen molar-refractivity contribution in [3.05, 3.63) is 81.3 Å². The molecule has 2 N–H and O–H groups in total. The lowest BCUT2D eigenvalue weighted by Gasteiger charge is -2.35. The zero-order valence-electron chi connectivity index (χ0n) is 14.8. The summed E-state index contributed by atoms with van der Waals surface area (Å²) in [6.07, 6.45) is 2.84. The molecule has 0 fully saturated rings. The molecule has 3 rings (SSSR count). The maximum atomic E-state index is 12.6. The van der Waals surface area contributed by atoms with E-state index in [9.17, 15) is 9.90 Å². The van der Waals surface area contributed by atoms with Crippen molar-refractivity contribution < 1.29 is 9.90 Å². The van der Waals surface area contributed by atoms with Crippen LogP contribution in [-0.2, 0) is 12.1 Å². The van der Waals surface area contributed by atoms with Crippen LogP contribution in [0.3, 0.4) is 0 Å². The highest BCUT2D eigenvalue weighted by atomic mass is 35.5. The maximum absolute atomic E-state index is 12.6. The summed E-state index contributed by atoms with van der Waals surface area (Å²) in [7, 11) is 0. The molecule has 1 heterocycles. The van der Waals surface area contributed by atoms with Gasteiger partial charge in [0, 0.05) is 26.2 Å². The van der Waals surface area contributed by atoms with E-state index in [2.05, 4.69) is 15.4 Å². The molecule has 146 valence electrons. The molecule has 2 aromatic carbocycles. The van der Waals surface area contributed by atoms with Crippen molar-refractivity contribution in [2.45, 2.75) is 25.1 Å². The molecule has 1 aromatic heterocycles. The van der Waals surface area contributed by atoms with Crippen molar-refractivity contribution in [1.29, 1.82) is 0 Å². The van der Waals surface area contributed by atoms with Gasteiger partial charge >= 0.3 is 0 Å². The second kappa shape index (κ2) is 8.49. The molecular formula is C19H17Cl3N4O2. The molecule has 1 amide bonds. The van der Waals surface area contributed by atoms with Gasteiger partial charge in [-0.05, 0) is 43.3 Å². The van der Waals surface area contributed by atoms with Crippen molar-refractivity contribution in [3.63, 3.8) is 0 Å². The summed E-state index contributed by atoms with van der Waals surface area (Å²) < 4.78 is 1.47. The Hall–Kier alpha value is -2.12. The summed E-state index contributed by atoms with van der Waals surface area (Å²) in [6.45, 7) is 1.71. The molecule has 0 aliphatic heterocycles. The number of hydrogen-bond acceptors (Lipinski definition) is 4. The summed E-state index contributed by atoms with van der Waals surface area (Å²) in [5, 5.41) is 19.7. The third-order valence-corrected chi connectivity index (χ3v) is 5.24. The van der Waals surface area contributed by atoms with Crippen LogP contribution in [0.5, 0.6) is 0 Å². The van der Waals surface area contributed by atoms with Crippen molar-refractivity contribution in [1.82, 2.24) is 20.1 Å².